The molecule has 2 aliphatic heterocycles. The SMILES string of the molecule is Cn1nnnc1N1CCN(CC(=O)N2CCCc3ccccc32)CC1. The first-order valence-electron chi connectivity index (χ1n) is 8.80. The maximum absolute atomic E-state index is 12.8. The molecule has 1 amide bonds. The molecule has 2 aliphatic rings. The lowest BCUT2D eigenvalue weighted by Gasteiger charge is -2.36. The van der Waals surface area contributed by atoms with Crippen LogP contribution in [-0.2, 0) is 18.3 Å². The van der Waals surface area contributed by atoms with E-state index in [1.807, 2.05) is 24.1 Å². The van der Waals surface area contributed by atoms with Crippen molar-refractivity contribution in [3.63, 3.8) is 0 Å². The maximum Gasteiger partial charge on any atom is 0.245 e. The van der Waals surface area contributed by atoms with Crippen molar-refractivity contribution in [2.24, 2.45) is 7.05 Å². The number of fused-ring (bicyclic) bond motifs is 1. The Bertz CT molecular complexity index is 751. The zero-order valence-electron chi connectivity index (χ0n) is 14.5. The average molecular weight is 341 g/mol. The van der Waals surface area contributed by atoms with Gasteiger partial charge in [0.2, 0.25) is 11.9 Å². The lowest BCUT2D eigenvalue weighted by Crippen LogP contribution is -2.51. The predicted octanol–water partition coefficient (Wildman–Crippen LogP) is 0.312. The van der Waals surface area contributed by atoms with Gasteiger partial charge in [-0.15, -0.1) is 0 Å². The molecule has 8 nitrogen and oxygen atoms in total. The van der Waals surface area contributed by atoms with Gasteiger partial charge in [0.1, 0.15) is 0 Å². The molecule has 0 spiro atoms. The molecule has 0 unspecified atom stereocenters. The molecular formula is C17H23N7O. The van der Waals surface area contributed by atoms with E-state index < -0.39 is 0 Å². The summed E-state index contributed by atoms with van der Waals surface area (Å²) in [7, 11) is 1.85. The van der Waals surface area contributed by atoms with E-state index in [1.165, 1.54) is 5.56 Å². The van der Waals surface area contributed by atoms with Crippen molar-refractivity contribution in [1.82, 2.24) is 25.1 Å². The smallest absolute Gasteiger partial charge is 0.245 e. The zero-order chi connectivity index (χ0) is 17.2. The number of piperazine rings is 1. The van der Waals surface area contributed by atoms with Gasteiger partial charge < -0.3 is 9.80 Å². The Morgan fingerprint density at radius 1 is 1.12 bits per heavy atom. The number of carbonyl (C=O) groups excluding carboxylic acids is 1. The van der Waals surface area contributed by atoms with Gasteiger partial charge in [0.15, 0.2) is 0 Å². The first-order chi connectivity index (χ1) is 12.2. The topological polar surface area (TPSA) is 70.4 Å². The number of tetrazole rings is 1. The molecule has 8 heteroatoms. The van der Waals surface area contributed by atoms with E-state index in [9.17, 15) is 4.79 Å². The van der Waals surface area contributed by atoms with Gasteiger partial charge in [0, 0.05) is 45.5 Å². The highest BCUT2D eigenvalue weighted by Crippen LogP contribution is 2.26. The summed E-state index contributed by atoms with van der Waals surface area (Å²) in [5, 5.41) is 11.6. The highest BCUT2D eigenvalue weighted by molar-refractivity contribution is 5.96. The van der Waals surface area contributed by atoms with Crippen LogP contribution in [0, 0.1) is 0 Å². The van der Waals surface area contributed by atoms with Crippen LogP contribution in [0.15, 0.2) is 24.3 Å². The lowest BCUT2D eigenvalue weighted by molar-refractivity contribution is -0.119. The molecule has 0 atom stereocenters. The van der Waals surface area contributed by atoms with E-state index in [-0.39, 0.29) is 5.91 Å². The number of carbonyl (C=O) groups is 1. The lowest BCUT2D eigenvalue weighted by atomic mass is 10.0. The molecule has 25 heavy (non-hydrogen) atoms. The van der Waals surface area contributed by atoms with Crippen LogP contribution in [0.3, 0.4) is 0 Å². The molecule has 2 aromatic rings. The van der Waals surface area contributed by atoms with Crippen LogP contribution < -0.4 is 9.80 Å². The van der Waals surface area contributed by atoms with Gasteiger partial charge in [-0.25, -0.2) is 4.68 Å². The van der Waals surface area contributed by atoms with Gasteiger partial charge in [-0.2, -0.15) is 0 Å². The number of hydrogen-bond donors (Lipinski definition) is 0. The van der Waals surface area contributed by atoms with Crippen molar-refractivity contribution in [2.75, 3.05) is 49.1 Å². The third kappa shape index (κ3) is 3.21. The van der Waals surface area contributed by atoms with E-state index in [1.54, 1.807) is 4.68 Å². The Kier molecular flexibility index (Phi) is 4.35. The normalized spacial score (nSPS) is 18.3. The maximum atomic E-state index is 12.8. The number of amides is 1. The van der Waals surface area contributed by atoms with E-state index >= 15 is 0 Å². The molecular weight excluding hydrogens is 318 g/mol. The van der Waals surface area contributed by atoms with E-state index in [0.29, 0.717) is 6.54 Å². The monoisotopic (exact) mass is 341 g/mol. The van der Waals surface area contributed by atoms with Crippen molar-refractivity contribution in [2.45, 2.75) is 12.8 Å². The number of rotatable bonds is 3. The zero-order valence-corrected chi connectivity index (χ0v) is 14.5. The standard InChI is InChI=1S/C17H23N7O/c1-21-17(18-19-20-21)23-11-9-22(10-12-23)13-16(25)24-8-4-6-14-5-2-3-7-15(14)24/h2-3,5,7H,4,6,8-13H2,1H3. The number of benzene rings is 1. The van der Waals surface area contributed by atoms with Crippen LogP contribution in [0.2, 0.25) is 0 Å². The second kappa shape index (κ2) is 6.79. The number of anilines is 2. The first kappa shape index (κ1) is 16.0. The number of aryl methyl sites for hydroxylation is 2. The van der Waals surface area contributed by atoms with Crippen molar-refractivity contribution < 1.29 is 4.79 Å². The summed E-state index contributed by atoms with van der Waals surface area (Å²) in [6.45, 7) is 4.64. The summed E-state index contributed by atoms with van der Waals surface area (Å²) in [5.74, 6) is 0.983. The van der Waals surface area contributed by atoms with Crippen molar-refractivity contribution in [3.05, 3.63) is 29.8 Å². The van der Waals surface area contributed by atoms with E-state index in [4.69, 9.17) is 0 Å². The Hall–Kier alpha value is -2.48. The van der Waals surface area contributed by atoms with Crippen molar-refractivity contribution >= 4 is 17.5 Å². The molecule has 0 saturated carbocycles. The highest BCUT2D eigenvalue weighted by Gasteiger charge is 2.26. The summed E-state index contributed by atoms with van der Waals surface area (Å²) >= 11 is 0. The Morgan fingerprint density at radius 2 is 1.92 bits per heavy atom. The molecule has 1 aromatic heterocycles. The summed E-state index contributed by atoms with van der Waals surface area (Å²) < 4.78 is 1.69. The second-order valence-electron chi connectivity index (χ2n) is 6.64. The summed E-state index contributed by atoms with van der Waals surface area (Å²) in [6, 6.07) is 8.25. The molecule has 132 valence electrons. The fourth-order valence-electron chi connectivity index (χ4n) is 3.67. The minimum absolute atomic E-state index is 0.195. The molecule has 0 aliphatic carbocycles. The summed E-state index contributed by atoms with van der Waals surface area (Å²) in [5.41, 5.74) is 2.37. The molecule has 4 rings (SSSR count). The number of para-hydroxylation sites is 1. The molecule has 1 aromatic carbocycles. The quantitative estimate of drug-likeness (QED) is 0.800. The first-order valence-corrected chi connectivity index (χ1v) is 8.80. The highest BCUT2D eigenvalue weighted by atomic mass is 16.2. The molecule has 1 fully saturated rings. The second-order valence-corrected chi connectivity index (χ2v) is 6.64. The molecule has 0 bridgehead atoms. The minimum Gasteiger partial charge on any atom is -0.337 e. The summed E-state index contributed by atoms with van der Waals surface area (Å²) in [6.07, 6.45) is 2.10. The van der Waals surface area contributed by atoms with Crippen molar-refractivity contribution in [3.8, 4) is 0 Å². The molecule has 1 saturated heterocycles. The third-order valence-electron chi connectivity index (χ3n) is 5.02. The van der Waals surface area contributed by atoms with E-state index in [0.717, 1.165) is 57.2 Å². The van der Waals surface area contributed by atoms with Gasteiger partial charge in [-0.1, -0.05) is 23.3 Å². The van der Waals surface area contributed by atoms with E-state index in [2.05, 4.69) is 37.5 Å². The average Bonchev–Trinajstić information content (AvgIpc) is 3.08. The van der Waals surface area contributed by atoms with Crippen LogP contribution in [-0.4, -0.2) is 70.3 Å². The number of hydrogen-bond acceptors (Lipinski definition) is 6. The Labute approximate surface area is 147 Å². The van der Waals surface area contributed by atoms with Crippen LogP contribution >= 0.6 is 0 Å². The van der Waals surface area contributed by atoms with Gasteiger partial charge in [-0.05, 0) is 34.9 Å². The summed E-state index contributed by atoms with van der Waals surface area (Å²) in [4.78, 5) is 19.2. The van der Waals surface area contributed by atoms with Gasteiger partial charge in [0.05, 0.1) is 6.54 Å². The molecule has 0 N–H and O–H groups in total. The van der Waals surface area contributed by atoms with Gasteiger partial charge in [-0.3, -0.25) is 9.69 Å². The fraction of sp³-hybridized carbons (Fsp3) is 0.529. The predicted molar refractivity (Wildman–Crippen MR) is 94.6 cm³/mol. The third-order valence-corrected chi connectivity index (χ3v) is 5.02. The largest absolute Gasteiger partial charge is 0.337 e. The van der Waals surface area contributed by atoms with Crippen LogP contribution in [0.5, 0.6) is 0 Å². The molecule has 3 heterocycles. The Balaban J connectivity index is 1.36. The van der Waals surface area contributed by atoms with Crippen molar-refractivity contribution in [1.29, 1.82) is 0 Å². The molecule has 0 radical (unpaired) electrons. The van der Waals surface area contributed by atoms with Crippen LogP contribution in [0.1, 0.15) is 12.0 Å². The van der Waals surface area contributed by atoms with Gasteiger partial charge in [0.25, 0.3) is 0 Å². The van der Waals surface area contributed by atoms with Crippen LogP contribution in [0.4, 0.5) is 11.6 Å². The van der Waals surface area contributed by atoms with Crippen LogP contribution in [0.25, 0.3) is 0 Å². The Morgan fingerprint density at radius 3 is 2.68 bits per heavy atom. The van der Waals surface area contributed by atoms with Gasteiger partial charge >= 0.3 is 0 Å². The number of nitrogens with zero attached hydrogens (tertiary/aromatic N) is 7. The fourth-order valence-corrected chi connectivity index (χ4v) is 3.67. The number of aromatic nitrogens is 4. The minimum atomic E-state index is 0.195.